The lowest BCUT2D eigenvalue weighted by Crippen LogP contribution is -2.40. The van der Waals surface area contributed by atoms with Gasteiger partial charge in [0.05, 0.1) is 6.07 Å². The summed E-state index contributed by atoms with van der Waals surface area (Å²) in [6.45, 7) is 12.7. The summed E-state index contributed by atoms with van der Waals surface area (Å²) < 4.78 is 0. The van der Waals surface area contributed by atoms with Crippen LogP contribution < -0.4 is 0 Å². The van der Waals surface area contributed by atoms with E-state index in [9.17, 15) is 15.3 Å². The van der Waals surface area contributed by atoms with Gasteiger partial charge in [0.1, 0.15) is 0 Å². The molecule has 0 aliphatic rings. The summed E-state index contributed by atoms with van der Waals surface area (Å²) in [4.78, 5) is 0. The van der Waals surface area contributed by atoms with Crippen LogP contribution in [0.1, 0.15) is 20.8 Å². The second kappa shape index (κ2) is 5.85. The maximum atomic E-state index is 9.28. The molecule has 0 bridgehead atoms. The molecule has 0 saturated carbocycles. The van der Waals surface area contributed by atoms with Crippen LogP contribution in [-0.2, 0) is 0 Å². The third kappa shape index (κ3) is 3.93. The van der Waals surface area contributed by atoms with E-state index < -0.39 is 15.2 Å². The minimum atomic E-state index is -1.49. The number of hydrogen-bond donors (Lipinski definition) is 2. The maximum absolute atomic E-state index is 9.28. The van der Waals surface area contributed by atoms with Gasteiger partial charge < -0.3 is 10.0 Å². The fourth-order valence-electron chi connectivity index (χ4n) is 2.66. The van der Waals surface area contributed by atoms with E-state index in [0.29, 0.717) is 5.92 Å². The standard InChI is InChI=1S/C11H24BNO2Si/c1-8(2)11(16(4,5)6)10(7-13)9(3)12(14)15/h8-11,14-15H,1-6H3. The quantitative estimate of drug-likeness (QED) is 0.726. The minimum Gasteiger partial charge on any atom is -0.427 e. The molecule has 0 aliphatic heterocycles. The second-order valence-corrected chi connectivity index (χ2v) is 11.5. The van der Waals surface area contributed by atoms with Crippen LogP contribution in [0.5, 0.6) is 0 Å². The lowest BCUT2D eigenvalue weighted by atomic mass is 9.65. The Labute approximate surface area is 101 Å². The van der Waals surface area contributed by atoms with Gasteiger partial charge in [-0.2, -0.15) is 5.26 Å². The van der Waals surface area contributed by atoms with Crippen molar-refractivity contribution in [3.8, 4) is 6.07 Å². The average Bonchev–Trinajstić information content (AvgIpc) is 2.09. The third-order valence-electron chi connectivity index (χ3n) is 3.29. The fourth-order valence-corrected chi connectivity index (χ4v) is 6.12. The molecule has 0 aromatic carbocycles. The second-order valence-electron chi connectivity index (χ2n) is 6.06. The number of nitriles is 1. The molecular formula is C11H24BNO2Si. The Bertz CT molecular complexity index is 258. The molecule has 0 heterocycles. The van der Waals surface area contributed by atoms with Gasteiger partial charge in [0, 0.05) is 19.8 Å². The van der Waals surface area contributed by atoms with E-state index in [0.717, 1.165) is 0 Å². The molecule has 0 aromatic heterocycles. The number of hydrogen-bond acceptors (Lipinski definition) is 3. The zero-order valence-corrected chi connectivity index (χ0v) is 12.2. The van der Waals surface area contributed by atoms with Crippen molar-refractivity contribution in [1.82, 2.24) is 0 Å². The van der Waals surface area contributed by atoms with Gasteiger partial charge >= 0.3 is 7.12 Å². The van der Waals surface area contributed by atoms with Crippen molar-refractivity contribution in [2.75, 3.05) is 0 Å². The molecule has 0 aliphatic carbocycles. The molecule has 0 aromatic rings. The van der Waals surface area contributed by atoms with Crippen molar-refractivity contribution in [2.45, 2.75) is 51.8 Å². The largest absolute Gasteiger partial charge is 0.455 e. The fraction of sp³-hybridized carbons (Fsp3) is 0.909. The van der Waals surface area contributed by atoms with E-state index in [1.165, 1.54) is 0 Å². The molecule has 3 nitrogen and oxygen atoms in total. The van der Waals surface area contributed by atoms with Gasteiger partial charge in [-0.15, -0.1) is 0 Å². The van der Waals surface area contributed by atoms with Crippen molar-refractivity contribution < 1.29 is 10.0 Å². The van der Waals surface area contributed by atoms with Crippen molar-refractivity contribution >= 4 is 15.2 Å². The van der Waals surface area contributed by atoms with Crippen LogP contribution in [0.25, 0.3) is 0 Å². The highest BCUT2D eigenvalue weighted by atomic mass is 28.3. The first kappa shape index (κ1) is 15.7. The first-order valence-corrected chi connectivity index (χ1v) is 9.46. The molecule has 2 N–H and O–H groups in total. The van der Waals surface area contributed by atoms with Gasteiger partial charge in [0.25, 0.3) is 0 Å². The Balaban J connectivity index is 5.11. The first-order valence-electron chi connectivity index (χ1n) is 5.88. The highest BCUT2D eigenvalue weighted by molar-refractivity contribution is 6.77. The van der Waals surface area contributed by atoms with Crippen molar-refractivity contribution in [2.24, 2.45) is 11.8 Å². The Morgan fingerprint density at radius 2 is 1.56 bits per heavy atom. The predicted octanol–water partition coefficient (Wildman–Crippen LogP) is 2.35. The molecule has 0 saturated heterocycles. The van der Waals surface area contributed by atoms with Crippen molar-refractivity contribution in [1.29, 1.82) is 5.26 Å². The molecule has 3 unspecified atom stereocenters. The predicted molar refractivity (Wildman–Crippen MR) is 70.7 cm³/mol. The van der Waals surface area contributed by atoms with Gasteiger partial charge in [0.15, 0.2) is 0 Å². The smallest absolute Gasteiger partial charge is 0.427 e. The summed E-state index contributed by atoms with van der Waals surface area (Å²) in [5, 5.41) is 27.8. The normalized spacial score (nSPS) is 17.8. The van der Waals surface area contributed by atoms with Gasteiger partial charge in [-0.1, -0.05) is 40.4 Å². The molecule has 0 spiro atoms. The van der Waals surface area contributed by atoms with E-state index in [-0.39, 0.29) is 17.3 Å². The molecule has 0 fully saturated rings. The van der Waals surface area contributed by atoms with E-state index in [1.54, 1.807) is 6.92 Å². The highest BCUT2D eigenvalue weighted by Crippen LogP contribution is 2.42. The Hall–Kier alpha value is -0.308. The number of rotatable bonds is 5. The van der Waals surface area contributed by atoms with Crippen LogP contribution in [0, 0.1) is 23.2 Å². The van der Waals surface area contributed by atoms with Crippen molar-refractivity contribution in [3.63, 3.8) is 0 Å². The monoisotopic (exact) mass is 241 g/mol. The van der Waals surface area contributed by atoms with Gasteiger partial charge in [-0.3, -0.25) is 0 Å². The topological polar surface area (TPSA) is 64.2 Å². The number of nitrogens with zero attached hydrogens (tertiary/aromatic N) is 1. The Morgan fingerprint density at radius 3 is 1.75 bits per heavy atom. The van der Waals surface area contributed by atoms with E-state index in [1.807, 2.05) is 0 Å². The van der Waals surface area contributed by atoms with Gasteiger partial charge in [-0.25, -0.2) is 0 Å². The molecule has 0 rings (SSSR count). The highest BCUT2D eigenvalue weighted by Gasteiger charge is 2.41. The van der Waals surface area contributed by atoms with Gasteiger partial charge in [0.2, 0.25) is 0 Å². The van der Waals surface area contributed by atoms with Crippen LogP contribution in [0.4, 0.5) is 0 Å². The maximum Gasteiger partial charge on any atom is 0.455 e. The lowest BCUT2D eigenvalue weighted by molar-refractivity contribution is 0.352. The Morgan fingerprint density at radius 1 is 1.12 bits per heavy atom. The van der Waals surface area contributed by atoms with E-state index in [4.69, 9.17) is 0 Å². The molecule has 3 atom stereocenters. The van der Waals surface area contributed by atoms with E-state index >= 15 is 0 Å². The minimum absolute atomic E-state index is 0.272. The summed E-state index contributed by atoms with van der Waals surface area (Å²) in [6.07, 6.45) is 0. The molecule has 0 amide bonds. The average molecular weight is 241 g/mol. The molecule has 92 valence electrons. The SMILES string of the molecule is CC(C)C(C(C#N)C(C)B(O)O)[Si](C)(C)C. The van der Waals surface area contributed by atoms with E-state index in [2.05, 4.69) is 39.6 Å². The Kier molecular flexibility index (Phi) is 5.74. The molecular weight excluding hydrogens is 217 g/mol. The zero-order valence-electron chi connectivity index (χ0n) is 11.2. The third-order valence-corrected chi connectivity index (χ3v) is 6.32. The summed E-state index contributed by atoms with van der Waals surface area (Å²) in [5.41, 5.74) is 0.286. The summed E-state index contributed by atoms with van der Waals surface area (Å²) in [5.74, 6) is -0.256. The zero-order chi connectivity index (χ0) is 13.1. The van der Waals surface area contributed by atoms with Crippen LogP contribution in [-0.4, -0.2) is 25.2 Å². The molecule has 0 radical (unpaired) electrons. The molecule has 16 heavy (non-hydrogen) atoms. The van der Waals surface area contributed by atoms with Crippen molar-refractivity contribution in [3.05, 3.63) is 0 Å². The molecule has 5 heteroatoms. The lowest BCUT2D eigenvalue weighted by Gasteiger charge is -2.38. The summed E-state index contributed by atoms with van der Waals surface area (Å²) in [7, 11) is -2.89. The van der Waals surface area contributed by atoms with Crippen LogP contribution in [0.2, 0.25) is 31.0 Å². The van der Waals surface area contributed by atoms with Crippen LogP contribution in [0.3, 0.4) is 0 Å². The summed E-state index contributed by atoms with van der Waals surface area (Å²) >= 11 is 0. The summed E-state index contributed by atoms with van der Waals surface area (Å²) in [6, 6.07) is 2.29. The van der Waals surface area contributed by atoms with Gasteiger partial charge in [-0.05, 0) is 11.5 Å². The van der Waals surface area contributed by atoms with Crippen LogP contribution in [0.15, 0.2) is 0 Å². The van der Waals surface area contributed by atoms with Crippen LogP contribution >= 0.6 is 0 Å². The first-order chi connectivity index (χ1) is 7.12.